The van der Waals surface area contributed by atoms with Gasteiger partial charge in [-0.1, -0.05) is 6.07 Å². The Morgan fingerprint density at radius 1 is 1.16 bits per heavy atom. The highest BCUT2D eigenvalue weighted by Gasteiger charge is 2.28. The molecule has 4 heterocycles. The minimum absolute atomic E-state index is 0.00976. The van der Waals surface area contributed by atoms with E-state index in [-0.39, 0.29) is 23.5 Å². The maximum absolute atomic E-state index is 14.1. The lowest BCUT2D eigenvalue weighted by molar-refractivity contribution is -0.125. The van der Waals surface area contributed by atoms with Gasteiger partial charge in [-0.3, -0.25) is 4.79 Å². The Morgan fingerprint density at radius 3 is 2.92 bits per heavy atom. The van der Waals surface area contributed by atoms with E-state index in [1.54, 1.807) is 35.1 Å². The minimum Gasteiger partial charge on any atom is -0.355 e. The van der Waals surface area contributed by atoms with Crippen LogP contribution in [0.25, 0.3) is 26.8 Å². The van der Waals surface area contributed by atoms with E-state index < -0.39 is 0 Å². The van der Waals surface area contributed by atoms with Crippen LogP contribution in [-0.4, -0.2) is 38.7 Å². The van der Waals surface area contributed by atoms with Gasteiger partial charge in [-0.05, 0) is 67.1 Å². The summed E-state index contributed by atoms with van der Waals surface area (Å²) in [4.78, 5) is 24.9. The number of nitrogens with zero attached hydrogens (tertiary/aromatic N) is 5. The van der Waals surface area contributed by atoms with Crippen molar-refractivity contribution in [2.24, 2.45) is 5.92 Å². The van der Waals surface area contributed by atoms with Gasteiger partial charge in [-0.15, -0.1) is 16.4 Å². The fraction of sp³-hybridized carbons (Fsp3) is 0.259. The number of anilines is 1. The van der Waals surface area contributed by atoms with Crippen molar-refractivity contribution in [3.05, 3.63) is 77.1 Å². The molecule has 10 heteroatoms. The largest absolute Gasteiger partial charge is 0.355 e. The van der Waals surface area contributed by atoms with Gasteiger partial charge in [0, 0.05) is 28.9 Å². The quantitative estimate of drug-likeness (QED) is 0.348. The van der Waals surface area contributed by atoms with Crippen LogP contribution in [0.4, 0.5) is 14.6 Å². The molecule has 5 aromatic rings. The maximum atomic E-state index is 14.1. The smallest absolute Gasteiger partial charge is 0.225 e. The molecule has 1 aliphatic rings. The molecular formula is C27H24F2N6OS. The molecule has 37 heavy (non-hydrogen) atoms. The number of carbonyl (C=O) groups is 1. The monoisotopic (exact) mass is 518 g/mol. The summed E-state index contributed by atoms with van der Waals surface area (Å²) in [6, 6.07) is 11.6. The molecule has 188 valence electrons. The van der Waals surface area contributed by atoms with Crippen LogP contribution in [0.2, 0.25) is 0 Å². The molecule has 6 rings (SSSR count). The van der Waals surface area contributed by atoms with Crippen LogP contribution in [0, 0.1) is 24.5 Å². The van der Waals surface area contributed by atoms with E-state index in [4.69, 9.17) is 0 Å². The number of nitrogens with one attached hydrogen (secondary N) is 1. The van der Waals surface area contributed by atoms with Crippen LogP contribution in [0.1, 0.15) is 23.3 Å². The van der Waals surface area contributed by atoms with Gasteiger partial charge in [-0.2, -0.15) is 0 Å². The van der Waals surface area contributed by atoms with Crippen molar-refractivity contribution in [3.8, 4) is 5.69 Å². The van der Waals surface area contributed by atoms with Crippen molar-refractivity contribution in [3.63, 3.8) is 0 Å². The van der Waals surface area contributed by atoms with Crippen molar-refractivity contribution >= 4 is 44.2 Å². The Morgan fingerprint density at radius 2 is 2.05 bits per heavy atom. The second-order valence-electron chi connectivity index (χ2n) is 9.34. The fourth-order valence-electron chi connectivity index (χ4n) is 4.79. The maximum Gasteiger partial charge on any atom is 0.225 e. The molecule has 1 fully saturated rings. The Labute approximate surface area is 215 Å². The molecule has 1 atom stereocenters. The summed E-state index contributed by atoms with van der Waals surface area (Å²) >= 11 is 1.55. The summed E-state index contributed by atoms with van der Waals surface area (Å²) in [6.07, 6.45) is 4.92. The number of hydrogen-bond acceptors (Lipinski definition) is 6. The van der Waals surface area contributed by atoms with Gasteiger partial charge < -0.3 is 10.2 Å². The van der Waals surface area contributed by atoms with E-state index in [2.05, 4.69) is 25.3 Å². The second kappa shape index (κ2) is 9.51. The standard InChI is InChI=1S/C27H24F2N6OS/c1-16-4-6-20(11-23(16)29)35-14-22-25(33-35)31-15-32-26(22)34-8-2-3-17(13-34)27(36)30-12-21-10-18-9-19(28)5-7-24(18)37-21/h4-7,9-11,14-15,17H,2-3,8,12-13H2,1H3,(H,30,36)/t17-/m0/s1. The first-order valence-electron chi connectivity index (χ1n) is 12.1. The van der Waals surface area contributed by atoms with Crippen molar-refractivity contribution in [1.29, 1.82) is 0 Å². The van der Waals surface area contributed by atoms with E-state index in [0.717, 1.165) is 39.7 Å². The second-order valence-corrected chi connectivity index (χ2v) is 10.5. The fourth-order valence-corrected chi connectivity index (χ4v) is 5.78. The molecular weight excluding hydrogens is 494 g/mol. The van der Waals surface area contributed by atoms with E-state index in [1.165, 1.54) is 24.5 Å². The van der Waals surface area contributed by atoms with Crippen LogP contribution in [-0.2, 0) is 11.3 Å². The number of halogens is 2. The van der Waals surface area contributed by atoms with E-state index in [9.17, 15) is 13.6 Å². The third kappa shape index (κ3) is 4.64. The zero-order valence-electron chi connectivity index (χ0n) is 20.1. The first-order valence-corrected chi connectivity index (χ1v) is 12.9. The number of aryl methyl sites for hydroxylation is 1. The topological polar surface area (TPSA) is 75.9 Å². The third-order valence-corrected chi connectivity index (χ3v) is 7.89. The Balaban J connectivity index is 1.18. The molecule has 0 spiro atoms. The molecule has 1 saturated heterocycles. The van der Waals surface area contributed by atoms with Gasteiger partial charge in [0.25, 0.3) is 0 Å². The van der Waals surface area contributed by atoms with Crippen LogP contribution in [0.5, 0.6) is 0 Å². The lowest BCUT2D eigenvalue weighted by atomic mass is 9.97. The van der Waals surface area contributed by atoms with E-state index in [1.807, 2.05) is 18.3 Å². The number of aromatic nitrogens is 4. The van der Waals surface area contributed by atoms with Gasteiger partial charge in [0.2, 0.25) is 5.91 Å². The molecule has 1 amide bonds. The number of hydrogen-bond donors (Lipinski definition) is 1. The van der Waals surface area contributed by atoms with Crippen molar-refractivity contribution in [2.75, 3.05) is 18.0 Å². The zero-order chi connectivity index (χ0) is 25.5. The van der Waals surface area contributed by atoms with Crippen LogP contribution in [0.15, 0.2) is 55.0 Å². The number of amides is 1. The van der Waals surface area contributed by atoms with Gasteiger partial charge in [0.05, 0.1) is 23.5 Å². The molecule has 7 nitrogen and oxygen atoms in total. The molecule has 1 N–H and O–H groups in total. The summed E-state index contributed by atoms with van der Waals surface area (Å²) in [5.41, 5.74) is 1.69. The Hall–Kier alpha value is -3.92. The van der Waals surface area contributed by atoms with Gasteiger partial charge >= 0.3 is 0 Å². The van der Waals surface area contributed by atoms with E-state index in [0.29, 0.717) is 35.8 Å². The van der Waals surface area contributed by atoms with Crippen LogP contribution < -0.4 is 10.2 Å². The Bertz CT molecular complexity index is 1630. The van der Waals surface area contributed by atoms with Crippen molar-refractivity contribution in [2.45, 2.75) is 26.3 Å². The number of rotatable bonds is 5. The normalized spacial score (nSPS) is 16.0. The summed E-state index contributed by atoms with van der Waals surface area (Å²) in [5.74, 6) is -0.0428. The summed E-state index contributed by atoms with van der Waals surface area (Å²) < 4.78 is 30.2. The lowest BCUT2D eigenvalue weighted by Crippen LogP contribution is -2.43. The molecule has 3 aromatic heterocycles. The number of thiophene rings is 1. The highest BCUT2D eigenvalue weighted by Crippen LogP contribution is 2.29. The SMILES string of the molecule is Cc1ccc(-n2cc3c(N4CCC[C@H](C(=O)NCc5cc6cc(F)ccc6s5)C4)ncnc3n2)cc1F. The van der Waals surface area contributed by atoms with Crippen molar-refractivity contribution in [1.82, 2.24) is 25.1 Å². The van der Waals surface area contributed by atoms with Crippen molar-refractivity contribution < 1.29 is 13.6 Å². The van der Waals surface area contributed by atoms with Gasteiger partial charge in [0.1, 0.15) is 23.8 Å². The molecule has 0 saturated carbocycles. The predicted octanol–water partition coefficient (Wildman–Crippen LogP) is 5.15. The first kappa shape index (κ1) is 23.5. The molecule has 0 radical (unpaired) electrons. The molecule has 0 bridgehead atoms. The number of carbonyl (C=O) groups excluding carboxylic acids is 1. The average Bonchev–Trinajstić information content (AvgIpc) is 3.52. The number of fused-ring (bicyclic) bond motifs is 2. The highest BCUT2D eigenvalue weighted by molar-refractivity contribution is 7.19. The molecule has 1 aliphatic heterocycles. The van der Waals surface area contributed by atoms with Crippen LogP contribution in [0.3, 0.4) is 0 Å². The molecule has 0 unspecified atom stereocenters. The summed E-state index contributed by atoms with van der Waals surface area (Å²) in [6.45, 7) is 3.42. The zero-order valence-corrected chi connectivity index (χ0v) is 20.9. The minimum atomic E-state index is -0.295. The predicted molar refractivity (Wildman–Crippen MR) is 140 cm³/mol. The Kier molecular flexibility index (Phi) is 6.03. The molecule has 0 aliphatic carbocycles. The summed E-state index contributed by atoms with van der Waals surface area (Å²) in [7, 11) is 0. The number of benzene rings is 2. The number of piperidine rings is 1. The first-order chi connectivity index (χ1) is 17.9. The van der Waals surface area contributed by atoms with Gasteiger partial charge in [-0.25, -0.2) is 23.4 Å². The highest BCUT2D eigenvalue weighted by atomic mass is 32.1. The average molecular weight is 519 g/mol. The summed E-state index contributed by atoms with van der Waals surface area (Å²) in [5, 5.41) is 9.17. The third-order valence-electron chi connectivity index (χ3n) is 6.77. The molecule has 2 aromatic carbocycles. The lowest BCUT2D eigenvalue weighted by Gasteiger charge is -2.33. The van der Waals surface area contributed by atoms with Gasteiger partial charge in [0.15, 0.2) is 5.65 Å². The van der Waals surface area contributed by atoms with Crippen LogP contribution >= 0.6 is 11.3 Å². The van der Waals surface area contributed by atoms with E-state index >= 15 is 0 Å².